The van der Waals surface area contributed by atoms with Crippen molar-refractivity contribution in [2.45, 2.75) is 44.9 Å². The molecular weight excluding hydrogens is 430 g/mol. The third-order valence-electron chi connectivity index (χ3n) is 4.82. The number of nitrogens with zero attached hydrogens (tertiary/aromatic N) is 1. The number of benzene rings is 1. The topological polar surface area (TPSA) is 140 Å². The van der Waals surface area contributed by atoms with E-state index >= 15 is 0 Å². The van der Waals surface area contributed by atoms with E-state index in [0.717, 1.165) is 5.56 Å². The lowest BCUT2D eigenvalue weighted by Crippen LogP contribution is -2.10. The lowest BCUT2D eigenvalue weighted by molar-refractivity contribution is -0.138. The highest BCUT2D eigenvalue weighted by atomic mass is 16.5. The number of carboxylic acids is 2. The van der Waals surface area contributed by atoms with Crippen LogP contribution >= 0.6 is 0 Å². The van der Waals surface area contributed by atoms with E-state index in [0.29, 0.717) is 23.2 Å². The van der Waals surface area contributed by atoms with Crippen LogP contribution in [0.1, 0.15) is 70.5 Å². The van der Waals surface area contributed by atoms with E-state index in [4.69, 9.17) is 19.7 Å². The lowest BCUT2D eigenvalue weighted by atomic mass is 9.94. The van der Waals surface area contributed by atoms with Crippen molar-refractivity contribution < 1.29 is 38.9 Å². The molecule has 1 aromatic carbocycles. The summed E-state index contributed by atoms with van der Waals surface area (Å²) in [5.74, 6) is -2.84. The molecule has 0 fully saturated rings. The average Bonchev–Trinajstić information content (AvgIpc) is 2.79. The SMILES string of the molecule is CC(Cc1cc(C(=O)OCCCC(=O)O)ccn1)c1ccc(C(=O)OCCCC(=O)O)cc1. The first kappa shape index (κ1) is 25.5. The minimum atomic E-state index is -0.938. The van der Waals surface area contributed by atoms with Crippen LogP contribution < -0.4 is 0 Å². The second-order valence-corrected chi connectivity index (χ2v) is 7.53. The normalized spacial score (nSPS) is 11.4. The molecule has 0 saturated heterocycles. The molecule has 1 aromatic heterocycles. The molecule has 0 bridgehead atoms. The van der Waals surface area contributed by atoms with Crippen molar-refractivity contribution in [1.82, 2.24) is 4.98 Å². The van der Waals surface area contributed by atoms with Crippen molar-refractivity contribution in [3.05, 3.63) is 65.0 Å². The molecule has 0 aliphatic carbocycles. The smallest absolute Gasteiger partial charge is 0.338 e. The molecule has 9 heteroatoms. The molecule has 1 unspecified atom stereocenters. The van der Waals surface area contributed by atoms with Gasteiger partial charge in [0.25, 0.3) is 0 Å². The molecule has 2 N–H and O–H groups in total. The maximum Gasteiger partial charge on any atom is 0.338 e. The van der Waals surface area contributed by atoms with Crippen LogP contribution in [0.3, 0.4) is 0 Å². The fraction of sp³-hybridized carbons (Fsp3) is 0.375. The molecule has 0 saturated carbocycles. The number of aliphatic carboxylic acids is 2. The second-order valence-electron chi connectivity index (χ2n) is 7.53. The van der Waals surface area contributed by atoms with Crippen molar-refractivity contribution >= 4 is 23.9 Å². The number of esters is 2. The van der Waals surface area contributed by atoms with Gasteiger partial charge < -0.3 is 19.7 Å². The molecule has 2 rings (SSSR count). The molecule has 2 aromatic rings. The molecule has 1 atom stereocenters. The summed E-state index contributed by atoms with van der Waals surface area (Å²) in [6.45, 7) is 2.08. The van der Waals surface area contributed by atoms with E-state index < -0.39 is 23.9 Å². The largest absolute Gasteiger partial charge is 0.481 e. The number of ether oxygens (including phenoxy) is 2. The van der Waals surface area contributed by atoms with E-state index in [1.807, 2.05) is 19.1 Å². The first-order valence-electron chi connectivity index (χ1n) is 10.6. The molecule has 0 aliphatic heterocycles. The Morgan fingerprint density at radius 3 is 1.94 bits per heavy atom. The van der Waals surface area contributed by atoms with Crippen molar-refractivity contribution in [3.8, 4) is 0 Å². The Hall–Kier alpha value is -3.75. The zero-order valence-electron chi connectivity index (χ0n) is 18.4. The average molecular weight is 457 g/mol. The van der Waals surface area contributed by atoms with Crippen LogP contribution in [-0.2, 0) is 25.5 Å². The van der Waals surface area contributed by atoms with Crippen molar-refractivity contribution in [2.75, 3.05) is 13.2 Å². The highest BCUT2D eigenvalue weighted by molar-refractivity contribution is 5.90. The van der Waals surface area contributed by atoms with Crippen LogP contribution in [0.2, 0.25) is 0 Å². The van der Waals surface area contributed by atoms with Crippen LogP contribution in [-0.4, -0.2) is 52.3 Å². The van der Waals surface area contributed by atoms with Gasteiger partial charge in [-0.2, -0.15) is 0 Å². The van der Waals surface area contributed by atoms with Crippen molar-refractivity contribution in [1.29, 1.82) is 0 Å². The second kappa shape index (κ2) is 12.9. The highest BCUT2D eigenvalue weighted by Gasteiger charge is 2.14. The third-order valence-corrected chi connectivity index (χ3v) is 4.82. The van der Waals surface area contributed by atoms with Crippen LogP contribution in [0.4, 0.5) is 0 Å². The first-order valence-corrected chi connectivity index (χ1v) is 10.6. The fourth-order valence-electron chi connectivity index (χ4n) is 3.04. The standard InChI is InChI=1S/C24H27NO8/c1-16(17-6-8-18(9-7-17)23(30)32-12-2-4-21(26)27)14-20-15-19(10-11-25-20)24(31)33-13-3-5-22(28)29/h6-11,15-16H,2-5,12-14H2,1H3,(H,26,27)(H,28,29). The van der Waals surface area contributed by atoms with E-state index in [9.17, 15) is 19.2 Å². The Kier molecular flexibility index (Phi) is 10.0. The van der Waals surface area contributed by atoms with Gasteiger partial charge in [-0.1, -0.05) is 19.1 Å². The summed E-state index contributed by atoms with van der Waals surface area (Å²) in [6.07, 6.45) is 2.48. The number of hydrogen-bond acceptors (Lipinski definition) is 7. The summed E-state index contributed by atoms with van der Waals surface area (Å²) < 4.78 is 10.2. The molecule has 0 spiro atoms. The zero-order valence-corrected chi connectivity index (χ0v) is 18.4. The van der Waals surface area contributed by atoms with Crippen LogP contribution in [0.15, 0.2) is 42.6 Å². The van der Waals surface area contributed by atoms with Gasteiger partial charge in [-0.25, -0.2) is 9.59 Å². The lowest BCUT2D eigenvalue weighted by Gasteiger charge is -2.13. The molecular formula is C24H27NO8. The molecule has 0 radical (unpaired) electrons. The van der Waals surface area contributed by atoms with Gasteiger partial charge >= 0.3 is 23.9 Å². The van der Waals surface area contributed by atoms with Gasteiger partial charge in [0, 0.05) is 24.7 Å². The van der Waals surface area contributed by atoms with Gasteiger partial charge in [0.2, 0.25) is 0 Å². The summed E-state index contributed by atoms with van der Waals surface area (Å²) >= 11 is 0. The van der Waals surface area contributed by atoms with Gasteiger partial charge in [-0.05, 0) is 55.0 Å². The number of rotatable bonds is 13. The monoisotopic (exact) mass is 457 g/mol. The van der Waals surface area contributed by atoms with Crippen LogP contribution in [0.25, 0.3) is 0 Å². The van der Waals surface area contributed by atoms with E-state index in [2.05, 4.69) is 4.98 Å². The van der Waals surface area contributed by atoms with Gasteiger partial charge in [-0.15, -0.1) is 0 Å². The molecule has 33 heavy (non-hydrogen) atoms. The number of carbonyl (C=O) groups is 4. The molecule has 0 amide bonds. The maximum atomic E-state index is 12.2. The van der Waals surface area contributed by atoms with Gasteiger partial charge in [0.1, 0.15) is 0 Å². The number of carboxylic acid groups (broad SMARTS) is 2. The van der Waals surface area contributed by atoms with Crippen molar-refractivity contribution in [3.63, 3.8) is 0 Å². The molecule has 9 nitrogen and oxygen atoms in total. The molecule has 1 heterocycles. The van der Waals surface area contributed by atoms with E-state index in [-0.39, 0.29) is 44.8 Å². The summed E-state index contributed by atoms with van der Waals surface area (Å²) in [4.78, 5) is 49.5. The van der Waals surface area contributed by atoms with Gasteiger partial charge in [-0.3, -0.25) is 14.6 Å². The Balaban J connectivity index is 1.89. The predicted octanol–water partition coefficient (Wildman–Crippen LogP) is 3.47. The van der Waals surface area contributed by atoms with Gasteiger partial charge in [0.15, 0.2) is 0 Å². The molecule has 0 aliphatic rings. The quantitative estimate of drug-likeness (QED) is 0.342. The van der Waals surface area contributed by atoms with E-state index in [1.54, 1.807) is 24.3 Å². The summed E-state index contributed by atoms with van der Waals surface area (Å²) in [7, 11) is 0. The number of hydrogen-bond donors (Lipinski definition) is 2. The summed E-state index contributed by atoms with van der Waals surface area (Å²) in [5, 5.41) is 17.2. The first-order chi connectivity index (χ1) is 15.8. The Labute approximate surface area is 191 Å². The summed E-state index contributed by atoms with van der Waals surface area (Å²) in [6, 6.07) is 10.1. The number of carbonyl (C=O) groups excluding carboxylic acids is 2. The van der Waals surface area contributed by atoms with Crippen LogP contribution in [0.5, 0.6) is 0 Å². The summed E-state index contributed by atoms with van der Waals surface area (Å²) in [5.41, 5.74) is 2.40. The minimum Gasteiger partial charge on any atom is -0.481 e. The van der Waals surface area contributed by atoms with Crippen molar-refractivity contribution in [2.24, 2.45) is 0 Å². The Bertz CT molecular complexity index is 971. The predicted molar refractivity (Wildman–Crippen MR) is 117 cm³/mol. The highest BCUT2D eigenvalue weighted by Crippen LogP contribution is 2.21. The van der Waals surface area contributed by atoms with E-state index in [1.165, 1.54) is 6.20 Å². The van der Waals surface area contributed by atoms with Gasteiger partial charge in [0.05, 0.1) is 24.3 Å². The Morgan fingerprint density at radius 2 is 1.39 bits per heavy atom. The minimum absolute atomic E-state index is 0.0353. The zero-order chi connectivity index (χ0) is 24.2. The third kappa shape index (κ3) is 9.10. The number of pyridine rings is 1. The number of aromatic nitrogens is 1. The maximum absolute atomic E-state index is 12.2. The van der Waals surface area contributed by atoms with Crippen LogP contribution in [0, 0.1) is 0 Å². The fourth-order valence-corrected chi connectivity index (χ4v) is 3.04. The Morgan fingerprint density at radius 1 is 0.848 bits per heavy atom. The molecule has 176 valence electrons.